The molecule has 2 aromatic rings. The molecule has 1 N–H and O–H groups in total. The quantitative estimate of drug-likeness (QED) is 0.745. The zero-order chi connectivity index (χ0) is 19.5. The van der Waals surface area contributed by atoms with Crippen LogP contribution in [-0.4, -0.2) is 37.7 Å². The van der Waals surface area contributed by atoms with Gasteiger partial charge in [0, 0.05) is 19.1 Å². The summed E-state index contributed by atoms with van der Waals surface area (Å²) < 4.78 is 11.6. The van der Waals surface area contributed by atoms with Crippen molar-refractivity contribution < 1.29 is 9.47 Å². The van der Waals surface area contributed by atoms with Crippen LogP contribution in [0.15, 0.2) is 36.4 Å². The van der Waals surface area contributed by atoms with Crippen LogP contribution in [0.1, 0.15) is 29.5 Å². The van der Waals surface area contributed by atoms with Gasteiger partial charge < -0.3 is 19.7 Å². The zero-order valence-corrected chi connectivity index (χ0v) is 17.5. The predicted molar refractivity (Wildman–Crippen MR) is 113 cm³/mol. The number of fused-ring (bicyclic) bond motifs is 3. The van der Waals surface area contributed by atoms with E-state index in [4.69, 9.17) is 21.1 Å². The van der Waals surface area contributed by atoms with Gasteiger partial charge >= 0.3 is 0 Å². The van der Waals surface area contributed by atoms with Gasteiger partial charge in [0.25, 0.3) is 0 Å². The lowest BCUT2D eigenvalue weighted by Crippen LogP contribution is -2.55. The van der Waals surface area contributed by atoms with Crippen LogP contribution < -0.4 is 14.8 Å². The zero-order valence-electron chi connectivity index (χ0n) is 16.7. The molecule has 4 nitrogen and oxygen atoms in total. The van der Waals surface area contributed by atoms with Crippen LogP contribution in [-0.2, 0) is 13.2 Å². The molecule has 1 atom stereocenters. The summed E-state index contributed by atoms with van der Waals surface area (Å²) in [6, 6.07) is 12.9. The lowest BCUT2D eigenvalue weighted by atomic mass is 9.84. The molecule has 0 aromatic heterocycles. The fraction of sp³-hybridized carbons (Fsp3) is 0.478. The van der Waals surface area contributed by atoms with Gasteiger partial charge in [0.2, 0.25) is 0 Å². The Balaban J connectivity index is 1.40. The van der Waals surface area contributed by atoms with E-state index in [1.165, 1.54) is 31.5 Å². The van der Waals surface area contributed by atoms with Gasteiger partial charge in [0.15, 0.2) is 11.5 Å². The lowest BCUT2D eigenvalue weighted by Gasteiger charge is -2.45. The maximum Gasteiger partial charge on any atom is 0.180 e. The Morgan fingerprint density at radius 2 is 1.86 bits per heavy atom. The molecule has 0 spiro atoms. The van der Waals surface area contributed by atoms with Crippen LogP contribution in [0.2, 0.25) is 5.02 Å². The van der Waals surface area contributed by atoms with E-state index in [2.05, 4.69) is 41.4 Å². The van der Waals surface area contributed by atoms with Crippen molar-refractivity contribution >= 4 is 11.6 Å². The van der Waals surface area contributed by atoms with Crippen molar-refractivity contribution in [3.8, 4) is 11.5 Å². The van der Waals surface area contributed by atoms with Gasteiger partial charge in [-0.25, -0.2) is 0 Å². The molecule has 3 fully saturated rings. The molecule has 28 heavy (non-hydrogen) atoms. The van der Waals surface area contributed by atoms with E-state index in [1.54, 1.807) is 7.11 Å². The topological polar surface area (TPSA) is 33.7 Å². The van der Waals surface area contributed by atoms with E-state index < -0.39 is 0 Å². The molecule has 0 saturated carbocycles. The molecule has 1 unspecified atom stereocenters. The first-order valence-corrected chi connectivity index (χ1v) is 10.5. The summed E-state index contributed by atoms with van der Waals surface area (Å²) in [5.74, 6) is 2.10. The Morgan fingerprint density at radius 1 is 1.11 bits per heavy atom. The number of benzene rings is 2. The number of nitrogens with zero attached hydrogens (tertiary/aromatic N) is 1. The highest BCUT2D eigenvalue weighted by Crippen LogP contribution is 2.37. The van der Waals surface area contributed by atoms with Gasteiger partial charge in [-0.1, -0.05) is 41.4 Å². The molecule has 0 amide bonds. The number of ether oxygens (including phenoxy) is 2. The molecule has 2 bridgehead atoms. The second-order valence-electron chi connectivity index (χ2n) is 8.01. The number of nitrogens with one attached hydrogen (secondary N) is 1. The summed E-state index contributed by atoms with van der Waals surface area (Å²) in [6.45, 7) is 7.02. The SMILES string of the molecule is COc1cc(CNC2CN3CCC2CC3)cc(Cl)c1OCc1ccc(C)cc1. The number of hydrogen-bond donors (Lipinski definition) is 1. The summed E-state index contributed by atoms with van der Waals surface area (Å²) in [6.07, 6.45) is 2.63. The van der Waals surface area contributed by atoms with Gasteiger partial charge in [-0.2, -0.15) is 0 Å². The minimum Gasteiger partial charge on any atom is -0.493 e. The largest absolute Gasteiger partial charge is 0.493 e. The third-order valence-corrected chi connectivity index (χ3v) is 6.30. The maximum atomic E-state index is 6.55. The Morgan fingerprint density at radius 3 is 2.50 bits per heavy atom. The molecule has 3 aliphatic rings. The molecule has 5 heteroatoms. The van der Waals surface area contributed by atoms with Crippen LogP contribution in [0, 0.1) is 12.8 Å². The second kappa shape index (κ2) is 8.73. The van der Waals surface area contributed by atoms with E-state index >= 15 is 0 Å². The van der Waals surface area contributed by atoms with Crippen LogP contribution in [0.25, 0.3) is 0 Å². The van der Waals surface area contributed by atoms with Crippen LogP contribution in [0.4, 0.5) is 0 Å². The fourth-order valence-electron chi connectivity index (χ4n) is 4.30. The van der Waals surface area contributed by atoms with Crippen molar-refractivity contribution in [1.29, 1.82) is 0 Å². The fourth-order valence-corrected chi connectivity index (χ4v) is 4.59. The number of halogens is 1. The van der Waals surface area contributed by atoms with E-state index in [0.29, 0.717) is 29.2 Å². The van der Waals surface area contributed by atoms with Crippen molar-refractivity contribution in [2.45, 2.75) is 39.0 Å². The van der Waals surface area contributed by atoms with Gasteiger partial charge in [-0.15, -0.1) is 0 Å². The van der Waals surface area contributed by atoms with Crippen molar-refractivity contribution in [3.63, 3.8) is 0 Å². The molecule has 5 rings (SSSR count). The van der Waals surface area contributed by atoms with E-state index in [0.717, 1.165) is 30.1 Å². The number of piperidine rings is 3. The molecule has 150 valence electrons. The molecule has 3 aliphatic heterocycles. The van der Waals surface area contributed by atoms with Gasteiger partial charge in [-0.05, 0) is 62.0 Å². The third kappa shape index (κ3) is 4.45. The minimum atomic E-state index is 0.466. The highest BCUT2D eigenvalue weighted by Gasteiger charge is 2.33. The van der Waals surface area contributed by atoms with Gasteiger partial charge in [0.05, 0.1) is 12.1 Å². The Labute approximate surface area is 172 Å². The van der Waals surface area contributed by atoms with Crippen LogP contribution >= 0.6 is 11.6 Å². The molecular weight excluding hydrogens is 372 g/mol. The van der Waals surface area contributed by atoms with Crippen LogP contribution in [0.3, 0.4) is 0 Å². The van der Waals surface area contributed by atoms with Crippen LogP contribution in [0.5, 0.6) is 11.5 Å². The first kappa shape index (κ1) is 19.6. The summed E-state index contributed by atoms with van der Waals surface area (Å²) in [5, 5.41) is 4.33. The normalized spacial score (nSPS) is 23.6. The van der Waals surface area contributed by atoms with E-state index in [1.807, 2.05) is 12.1 Å². The highest BCUT2D eigenvalue weighted by atomic mass is 35.5. The predicted octanol–water partition coefficient (Wildman–Crippen LogP) is 4.42. The maximum absolute atomic E-state index is 6.55. The van der Waals surface area contributed by atoms with Gasteiger partial charge in [-0.3, -0.25) is 0 Å². The number of methoxy groups -OCH3 is 1. The minimum absolute atomic E-state index is 0.466. The van der Waals surface area contributed by atoms with E-state index in [-0.39, 0.29) is 0 Å². The second-order valence-corrected chi connectivity index (χ2v) is 8.42. The van der Waals surface area contributed by atoms with E-state index in [9.17, 15) is 0 Å². The molecule has 0 aliphatic carbocycles. The summed E-state index contributed by atoms with van der Waals surface area (Å²) in [5.41, 5.74) is 3.47. The molecule has 0 radical (unpaired) electrons. The lowest BCUT2D eigenvalue weighted by molar-refractivity contribution is 0.0720. The average Bonchev–Trinajstić information content (AvgIpc) is 2.73. The smallest absolute Gasteiger partial charge is 0.180 e. The van der Waals surface area contributed by atoms with Crippen molar-refractivity contribution in [3.05, 3.63) is 58.1 Å². The number of rotatable bonds is 7. The van der Waals surface area contributed by atoms with Crippen molar-refractivity contribution in [2.75, 3.05) is 26.7 Å². The Kier molecular flexibility index (Phi) is 6.10. The average molecular weight is 401 g/mol. The molecule has 3 heterocycles. The molecular formula is C23H29ClN2O2. The molecule has 3 saturated heterocycles. The first-order valence-electron chi connectivity index (χ1n) is 10.1. The summed E-state index contributed by atoms with van der Waals surface area (Å²) >= 11 is 6.55. The Bertz CT molecular complexity index is 801. The standard InChI is InChI=1S/C23H29ClN2O2/c1-16-3-5-17(6-4-16)15-28-23-20(24)11-18(12-22(23)27-2)13-25-21-14-26-9-7-19(21)8-10-26/h3-6,11-12,19,21,25H,7-10,13-15H2,1-2H3. The molecule has 2 aromatic carbocycles. The monoisotopic (exact) mass is 400 g/mol. The van der Waals surface area contributed by atoms with Crippen molar-refractivity contribution in [1.82, 2.24) is 10.2 Å². The number of hydrogen-bond acceptors (Lipinski definition) is 4. The first-order chi connectivity index (χ1) is 13.6. The summed E-state index contributed by atoms with van der Waals surface area (Å²) in [4.78, 5) is 2.56. The van der Waals surface area contributed by atoms with Crippen molar-refractivity contribution in [2.24, 2.45) is 5.92 Å². The highest BCUT2D eigenvalue weighted by molar-refractivity contribution is 6.32. The number of aryl methyl sites for hydroxylation is 1. The summed E-state index contributed by atoms with van der Waals surface area (Å²) in [7, 11) is 1.66. The van der Waals surface area contributed by atoms with Gasteiger partial charge in [0.1, 0.15) is 6.61 Å². The Hall–Kier alpha value is -1.75. The third-order valence-electron chi connectivity index (χ3n) is 6.02.